The molecule has 0 spiro atoms. The number of thioether (sulfide) groups is 1. The summed E-state index contributed by atoms with van der Waals surface area (Å²) in [6.07, 6.45) is 7.65. The molecule has 1 N–H and O–H groups in total. The van der Waals surface area contributed by atoms with Crippen LogP contribution >= 0.6 is 11.8 Å². The lowest BCUT2D eigenvalue weighted by Gasteiger charge is -2.32. The molecule has 5 heteroatoms. The number of fused-ring (bicyclic) bond motifs is 2. The number of rotatable bonds is 1. The zero-order valence-corrected chi connectivity index (χ0v) is 10.5. The third-order valence-electron chi connectivity index (χ3n) is 3.52. The predicted octanol–water partition coefficient (Wildman–Crippen LogP) is 2.19. The van der Waals surface area contributed by atoms with Crippen LogP contribution in [0.5, 0.6) is 0 Å². The summed E-state index contributed by atoms with van der Waals surface area (Å²) in [4.78, 5) is 0. The van der Waals surface area contributed by atoms with E-state index in [1.54, 1.807) is 0 Å². The third kappa shape index (κ3) is 1.71. The van der Waals surface area contributed by atoms with Gasteiger partial charge in [0.05, 0.1) is 6.04 Å². The Morgan fingerprint density at radius 3 is 3.06 bits per heavy atom. The molecule has 1 aromatic rings. The Morgan fingerprint density at radius 2 is 2.19 bits per heavy atom. The first-order chi connectivity index (χ1) is 7.88. The van der Waals surface area contributed by atoms with Crippen LogP contribution in [0, 0.1) is 0 Å². The molecule has 16 heavy (non-hydrogen) atoms. The molecular weight excluding hydrogens is 220 g/mol. The normalized spacial score (nSPS) is 28.8. The Kier molecular flexibility index (Phi) is 2.79. The summed E-state index contributed by atoms with van der Waals surface area (Å²) in [5.74, 6) is 1.06. The Hall–Kier alpha value is -0.710. The van der Waals surface area contributed by atoms with Gasteiger partial charge in [0, 0.05) is 11.7 Å². The van der Waals surface area contributed by atoms with Gasteiger partial charge in [-0.1, -0.05) is 37.9 Å². The molecule has 0 radical (unpaired) electrons. The molecule has 2 heterocycles. The van der Waals surface area contributed by atoms with Crippen molar-refractivity contribution >= 4 is 11.8 Å². The lowest BCUT2D eigenvalue weighted by molar-refractivity contribution is 0.529. The second-order valence-corrected chi connectivity index (χ2v) is 5.82. The maximum Gasteiger partial charge on any atom is 0.210 e. The van der Waals surface area contributed by atoms with E-state index in [1.165, 1.54) is 32.1 Å². The van der Waals surface area contributed by atoms with Crippen LogP contribution in [-0.2, 0) is 6.42 Å². The van der Waals surface area contributed by atoms with E-state index in [4.69, 9.17) is 0 Å². The first kappa shape index (κ1) is 10.4. The van der Waals surface area contributed by atoms with Crippen LogP contribution in [0.25, 0.3) is 0 Å². The Morgan fingerprint density at radius 1 is 1.31 bits per heavy atom. The molecule has 1 aromatic heterocycles. The van der Waals surface area contributed by atoms with E-state index in [9.17, 15) is 0 Å². The van der Waals surface area contributed by atoms with Gasteiger partial charge in [-0.15, -0.1) is 10.2 Å². The monoisotopic (exact) mass is 238 g/mol. The van der Waals surface area contributed by atoms with E-state index >= 15 is 0 Å². The SMILES string of the molecule is CCc1nnc2n1NC1CCCCCC1S2. The zero-order valence-electron chi connectivity index (χ0n) is 9.65. The average molecular weight is 238 g/mol. The van der Waals surface area contributed by atoms with E-state index in [1.807, 2.05) is 11.8 Å². The average Bonchev–Trinajstić information content (AvgIpc) is 2.55. The fraction of sp³-hybridized carbons (Fsp3) is 0.818. The molecule has 4 nitrogen and oxygen atoms in total. The largest absolute Gasteiger partial charge is 0.318 e. The lowest BCUT2D eigenvalue weighted by atomic mass is 10.1. The smallest absolute Gasteiger partial charge is 0.210 e. The van der Waals surface area contributed by atoms with E-state index in [2.05, 4.69) is 27.2 Å². The first-order valence-corrected chi connectivity index (χ1v) is 7.14. The standard InChI is InChI=1S/C11H18N4S/c1-2-10-12-13-11-15(10)14-8-6-4-3-5-7-9(8)16-11/h8-9,14H,2-7H2,1H3. The number of hydrogen-bond acceptors (Lipinski definition) is 4. The zero-order chi connectivity index (χ0) is 11.0. The Balaban J connectivity index is 1.87. The van der Waals surface area contributed by atoms with Crippen molar-refractivity contribution < 1.29 is 0 Å². The summed E-state index contributed by atoms with van der Waals surface area (Å²) in [6.45, 7) is 2.13. The minimum Gasteiger partial charge on any atom is -0.318 e. The summed E-state index contributed by atoms with van der Waals surface area (Å²) in [5, 5.41) is 10.2. The second kappa shape index (κ2) is 4.28. The topological polar surface area (TPSA) is 42.7 Å². The van der Waals surface area contributed by atoms with Crippen LogP contribution in [0.15, 0.2) is 5.16 Å². The highest BCUT2D eigenvalue weighted by Gasteiger charge is 2.32. The molecule has 1 aliphatic heterocycles. The summed E-state index contributed by atoms with van der Waals surface area (Å²) < 4.78 is 2.11. The summed E-state index contributed by atoms with van der Waals surface area (Å²) in [5.41, 5.74) is 3.61. The number of aromatic nitrogens is 3. The Bertz CT molecular complexity index is 376. The van der Waals surface area contributed by atoms with Gasteiger partial charge in [0.25, 0.3) is 0 Å². The van der Waals surface area contributed by atoms with Crippen LogP contribution in [-0.4, -0.2) is 26.2 Å². The van der Waals surface area contributed by atoms with Gasteiger partial charge in [0.15, 0.2) is 5.82 Å². The quantitative estimate of drug-likeness (QED) is 0.814. The molecule has 0 aromatic carbocycles. The first-order valence-electron chi connectivity index (χ1n) is 6.26. The van der Waals surface area contributed by atoms with E-state index in [0.29, 0.717) is 11.3 Å². The van der Waals surface area contributed by atoms with Gasteiger partial charge in [-0.2, -0.15) is 0 Å². The minimum atomic E-state index is 0.612. The van der Waals surface area contributed by atoms with Gasteiger partial charge >= 0.3 is 0 Å². The highest BCUT2D eigenvalue weighted by atomic mass is 32.2. The van der Waals surface area contributed by atoms with Crippen molar-refractivity contribution in [2.45, 2.75) is 61.9 Å². The van der Waals surface area contributed by atoms with E-state index in [0.717, 1.165) is 17.4 Å². The van der Waals surface area contributed by atoms with Crippen molar-refractivity contribution in [3.8, 4) is 0 Å². The fourth-order valence-electron chi connectivity index (χ4n) is 2.60. The molecule has 1 aliphatic carbocycles. The van der Waals surface area contributed by atoms with E-state index < -0.39 is 0 Å². The summed E-state index contributed by atoms with van der Waals surface area (Å²) in [6, 6.07) is 0.612. The number of hydrogen-bond donors (Lipinski definition) is 1. The van der Waals surface area contributed by atoms with Crippen molar-refractivity contribution in [3.63, 3.8) is 0 Å². The third-order valence-corrected chi connectivity index (χ3v) is 4.86. The second-order valence-electron chi connectivity index (χ2n) is 4.62. The predicted molar refractivity (Wildman–Crippen MR) is 65.3 cm³/mol. The number of nitrogens with zero attached hydrogens (tertiary/aromatic N) is 3. The van der Waals surface area contributed by atoms with Gasteiger partial charge in [0.1, 0.15) is 0 Å². The van der Waals surface area contributed by atoms with Gasteiger partial charge in [0.2, 0.25) is 5.16 Å². The van der Waals surface area contributed by atoms with Crippen molar-refractivity contribution in [2.24, 2.45) is 0 Å². The molecule has 1 fully saturated rings. The van der Waals surface area contributed by atoms with Gasteiger partial charge in [-0.3, -0.25) is 0 Å². The maximum absolute atomic E-state index is 4.26. The van der Waals surface area contributed by atoms with Gasteiger partial charge in [-0.25, -0.2) is 4.68 Å². The van der Waals surface area contributed by atoms with Gasteiger partial charge in [-0.05, 0) is 12.8 Å². The van der Waals surface area contributed by atoms with Crippen molar-refractivity contribution in [1.29, 1.82) is 0 Å². The Labute approximate surface area is 100 Å². The molecule has 2 aliphatic rings. The van der Waals surface area contributed by atoms with Crippen LogP contribution < -0.4 is 5.43 Å². The molecular formula is C11H18N4S. The van der Waals surface area contributed by atoms with Crippen molar-refractivity contribution in [2.75, 3.05) is 5.43 Å². The fourth-order valence-corrected chi connectivity index (χ4v) is 3.87. The maximum atomic E-state index is 4.26. The molecule has 88 valence electrons. The molecule has 2 atom stereocenters. The molecule has 0 bridgehead atoms. The van der Waals surface area contributed by atoms with Crippen LogP contribution in [0.1, 0.15) is 44.9 Å². The van der Waals surface area contributed by atoms with Gasteiger partial charge < -0.3 is 5.43 Å². The van der Waals surface area contributed by atoms with Crippen molar-refractivity contribution in [3.05, 3.63) is 5.82 Å². The highest BCUT2D eigenvalue weighted by molar-refractivity contribution is 7.99. The summed E-state index contributed by atoms with van der Waals surface area (Å²) >= 11 is 1.92. The lowest BCUT2D eigenvalue weighted by Crippen LogP contribution is -2.40. The van der Waals surface area contributed by atoms with Crippen LogP contribution in [0.4, 0.5) is 0 Å². The number of nitrogens with one attached hydrogen (secondary N) is 1. The molecule has 0 amide bonds. The molecule has 1 saturated carbocycles. The van der Waals surface area contributed by atoms with Crippen LogP contribution in [0.3, 0.4) is 0 Å². The molecule has 3 rings (SSSR count). The van der Waals surface area contributed by atoms with Crippen LogP contribution in [0.2, 0.25) is 0 Å². The number of aryl methyl sites for hydroxylation is 1. The van der Waals surface area contributed by atoms with Crippen molar-refractivity contribution in [1.82, 2.24) is 14.9 Å². The minimum absolute atomic E-state index is 0.612. The van der Waals surface area contributed by atoms with E-state index in [-0.39, 0.29) is 0 Å². The molecule has 0 saturated heterocycles. The highest BCUT2D eigenvalue weighted by Crippen LogP contribution is 2.36. The molecule has 2 unspecified atom stereocenters. The summed E-state index contributed by atoms with van der Waals surface area (Å²) in [7, 11) is 0.